The highest BCUT2D eigenvalue weighted by molar-refractivity contribution is 5.83. The van der Waals surface area contributed by atoms with Gasteiger partial charge in [0.2, 0.25) is 5.91 Å². The zero-order valence-corrected chi connectivity index (χ0v) is 10.1. The summed E-state index contributed by atoms with van der Waals surface area (Å²) >= 11 is 0. The third kappa shape index (κ3) is 1.33. The van der Waals surface area contributed by atoms with Crippen molar-refractivity contribution in [3.8, 4) is 0 Å². The number of amides is 1. The predicted octanol–water partition coefficient (Wildman–Crippen LogP) is 2.38. The molecule has 2 unspecified atom stereocenters. The molecule has 16 heavy (non-hydrogen) atoms. The average molecular weight is 225 g/mol. The van der Waals surface area contributed by atoms with Gasteiger partial charge in [0.25, 0.3) is 0 Å². The summed E-state index contributed by atoms with van der Waals surface area (Å²) in [6, 6.07) is 0. The fourth-order valence-corrected chi connectivity index (χ4v) is 3.48. The summed E-state index contributed by atoms with van der Waals surface area (Å²) < 4.78 is 13.5. The van der Waals surface area contributed by atoms with E-state index in [9.17, 15) is 9.18 Å². The summed E-state index contributed by atoms with van der Waals surface area (Å²) in [5.41, 5.74) is -0.813. The molecule has 1 amide bonds. The molecule has 2 aliphatic carbocycles. The molecule has 1 spiro atoms. The van der Waals surface area contributed by atoms with Crippen LogP contribution in [-0.2, 0) is 4.79 Å². The van der Waals surface area contributed by atoms with Gasteiger partial charge in [-0.15, -0.1) is 0 Å². The Bertz CT molecular complexity index is 335. The molecule has 0 aromatic rings. The van der Waals surface area contributed by atoms with Gasteiger partial charge in [-0.1, -0.05) is 13.3 Å². The van der Waals surface area contributed by atoms with E-state index in [1.54, 1.807) is 6.92 Å². The third-order valence-corrected chi connectivity index (χ3v) is 5.17. The zero-order valence-electron chi connectivity index (χ0n) is 10.1. The van der Waals surface area contributed by atoms with E-state index >= 15 is 0 Å². The van der Waals surface area contributed by atoms with Gasteiger partial charge in [0.1, 0.15) is 5.67 Å². The minimum Gasteiger partial charge on any atom is -0.341 e. The largest absolute Gasteiger partial charge is 0.341 e. The number of carbonyl (C=O) groups excluding carboxylic acids is 1. The topological polar surface area (TPSA) is 20.3 Å². The van der Waals surface area contributed by atoms with Crippen LogP contribution in [0.3, 0.4) is 0 Å². The lowest BCUT2D eigenvalue weighted by Gasteiger charge is -2.41. The number of nitrogens with zero attached hydrogens (tertiary/aromatic N) is 1. The Morgan fingerprint density at radius 3 is 2.44 bits per heavy atom. The number of hydrogen-bond donors (Lipinski definition) is 0. The molecule has 0 aromatic carbocycles. The lowest BCUT2D eigenvalue weighted by atomic mass is 9.63. The molecule has 3 atom stereocenters. The van der Waals surface area contributed by atoms with Crippen molar-refractivity contribution in [2.45, 2.75) is 45.2 Å². The summed E-state index contributed by atoms with van der Waals surface area (Å²) in [5, 5.41) is 0. The van der Waals surface area contributed by atoms with Gasteiger partial charge in [0.15, 0.2) is 0 Å². The van der Waals surface area contributed by atoms with E-state index in [0.29, 0.717) is 17.8 Å². The summed E-state index contributed by atoms with van der Waals surface area (Å²) in [6.45, 7) is 5.53. The lowest BCUT2D eigenvalue weighted by molar-refractivity contribution is -0.133. The van der Waals surface area contributed by atoms with Crippen molar-refractivity contribution in [1.82, 2.24) is 4.90 Å². The quantitative estimate of drug-likeness (QED) is 0.671. The van der Waals surface area contributed by atoms with Crippen molar-refractivity contribution in [3.05, 3.63) is 0 Å². The van der Waals surface area contributed by atoms with E-state index in [4.69, 9.17) is 0 Å². The molecule has 90 valence electrons. The van der Waals surface area contributed by atoms with Crippen LogP contribution in [0.15, 0.2) is 0 Å². The van der Waals surface area contributed by atoms with E-state index in [0.717, 1.165) is 13.1 Å². The van der Waals surface area contributed by atoms with Gasteiger partial charge in [-0.2, -0.15) is 0 Å². The molecule has 0 aromatic heterocycles. The van der Waals surface area contributed by atoms with E-state index in [1.165, 1.54) is 19.3 Å². The van der Waals surface area contributed by atoms with Crippen LogP contribution in [0.2, 0.25) is 0 Å². The smallest absolute Gasteiger partial charge is 0.229 e. The molecular weight excluding hydrogens is 205 g/mol. The van der Waals surface area contributed by atoms with Crippen LogP contribution in [0.5, 0.6) is 0 Å². The Hall–Kier alpha value is -0.600. The van der Waals surface area contributed by atoms with Crippen LogP contribution >= 0.6 is 0 Å². The predicted molar refractivity (Wildman–Crippen MR) is 59.6 cm³/mol. The molecule has 3 rings (SSSR count). The highest BCUT2D eigenvalue weighted by Crippen LogP contribution is 2.54. The lowest BCUT2D eigenvalue weighted by Crippen LogP contribution is -2.38. The van der Waals surface area contributed by atoms with Crippen LogP contribution in [-0.4, -0.2) is 29.6 Å². The van der Waals surface area contributed by atoms with E-state index in [2.05, 4.69) is 6.92 Å². The van der Waals surface area contributed by atoms with Gasteiger partial charge >= 0.3 is 0 Å². The van der Waals surface area contributed by atoms with Crippen LogP contribution in [0.25, 0.3) is 0 Å². The van der Waals surface area contributed by atoms with Crippen molar-refractivity contribution in [3.63, 3.8) is 0 Å². The first kappa shape index (κ1) is 10.5. The second-order valence-corrected chi connectivity index (χ2v) is 6.37. The first-order chi connectivity index (χ1) is 7.45. The van der Waals surface area contributed by atoms with Gasteiger partial charge in [-0.3, -0.25) is 4.79 Å². The molecule has 2 nitrogen and oxygen atoms in total. The van der Waals surface area contributed by atoms with Crippen molar-refractivity contribution in [2.24, 2.45) is 17.3 Å². The Morgan fingerprint density at radius 1 is 1.44 bits per heavy atom. The van der Waals surface area contributed by atoms with Gasteiger partial charge < -0.3 is 4.90 Å². The average Bonchev–Trinajstić information content (AvgIpc) is 2.63. The molecule has 0 bridgehead atoms. The first-order valence-electron chi connectivity index (χ1n) is 6.42. The second-order valence-electron chi connectivity index (χ2n) is 6.37. The van der Waals surface area contributed by atoms with E-state index in [1.807, 2.05) is 4.90 Å². The molecular formula is C13H20FNO. The number of rotatable bonds is 1. The maximum atomic E-state index is 13.5. The Kier molecular flexibility index (Phi) is 1.97. The SMILES string of the molecule is C[C@@H]1CN(C(=O)C2CC2(C)F)CC12CCC2. The fraction of sp³-hybridized carbons (Fsp3) is 0.923. The third-order valence-electron chi connectivity index (χ3n) is 5.17. The number of likely N-dealkylation sites (tertiary alicyclic amines) is 1. The van der Waals surface area contributed by atoms with Crippen molar-refractivity contribution < 1.29 is 9.18 Å². The Balaban J connectivity index is 1.67. The Labute approximate surface area is 96.2 Å². The van der Waals surface area contributed by atoms with E-state index < -0.39 is 5.67 Å². The molecule has 0 N–H and O–H groups in total. The van der Waals surface area contributed by atoms with Crippen molar-refractivity contribution in [2.75, 3.05) is 13.1 Å². The summed E-state index contributed by atoms with van der Waals surface area (Å²) in [5.74, 6) is 0.338. The molecule has 3 heteroatoms. The van der Waals surface area contributed by atoms with Gasteiger partial charge in [0.05, 0.1) is 5.92 Å². The number of halogens is 1. The number of alkyl halides is 1. The van der Waals surface area contributed by atoms with Crippen LogP contribution in [0, 0.1) is 17.3 Å². The van der Waals surface area contributed by atoms with Gasteiger partial charge in [-0.05, 0) is 37.5 Å². The monoisotopic (exact) mass is 225 g/mol. The number of carbonyl (C=O) groups is 1. The summed E-state index contributed by atoms with van der Waals surface area (Å²) in [6.07, 6.45) is 4.26. The molecule has 1 saturated heterocycles. The standard InChI is InChI=1S/C13H20FNO/c1-9-7-15(8-13(9)4-3-5-13)11(16)10-6-12(10,2)14/h9-10H,3-8H2,1-2H3/t9-,10?,12?/m1/s1. The van der Waals surface area contributed by atoms with Crippen LogP contribution in [0.1, 0.15) is 39.5 Å². The van der Waals surface area contributed by atoms with Crippen molar-refractivity contribution in [1.29, 1.82) is 0 Å². The number of hydrogen-bond acceptors (Lipinski definition) is 1. The minimum atomic E-state index is -1.21. The summed E-state index contributed by atoms with van der Waals surface area (Å²) in [4.78, 5) is 14.0. The zero-order chi connectivity index (χ0) is 11.6. The van der Waals surface area contributed by atoms with E-state index in [-0.39, 0.29) is 11.8 Å². The molecule has 0 radical (unpaired) electrons. The summed E-state index contributed by atoms with van der Waals surface area (Å²) in [7, 11) is 0. The Morgan fingerprint density at radius 2 is 2.06 bits per heavy atom. The molecule has 3 fully saturated rings. The maximum absolute atomic E-state index is 13.5. The normalized spacial score (nSPS) is 44.6. The fourth-order valence-electron chi connectivity index (χ4n) is 3.48. The van der Waals surface area contributed by atoms with Crippen LogP contribution < -0.4 is 0 Å². The molecule has 2 saturated carbocycles. The molecule has 1 heterocycles. The minimum absolute atomic E-state index is 0.0700. The first-order valence-corrected chi connectivity index (χ1v) is 6.42. The molecule has 3 aliphatic rings. The highest BCUT2D eigenvalue weighted by Gasteiger charge is 2.59. The van der Waals surface area contributed by atoms with Crippen LogP contribution in [0.4, 0.5) is 4.39 Å². The second kappa shape index (κ2) is 2.99. The maximum Gasteiger partial charge on any atom is 0.229 e. The highest BCUT2D eigenvalue weighted by atomic mass is 19.1. The van der Waals surface area contributed by atoms with Crippen molar-refractivity contribution >= 4 is 5.91 Å². The molecule has 1 aliphatic heterocycles. The van der Waals surface area contributed by atoms with Gasteiger partial charge in [0, 0.05) is 13.1 Å². The van der Waals surface area contributed by atoms with Gasteiger partial charge in [-0.25, -0.2) is 4.39 Å².